The summed E-state index contributed by atoms with van der Waals surface area (Å²) in [5, 5.41) is 0. The fraction of sp³-hybridized carbons (Fsp3) is 1.00. The summed E-state index contributed by atoms with van der Waals surface area (Å²) in [5.41, 5.74) is 0. The van der Waals surface area contributed by atoms with E-state index >= 15 is 0 Å². The summed E-state index contributed by atoms with van der Waals surface area (Å²) in [6.45, 7) is 9.97. The van der Waals surface area contributed by atoms with Gasteiger partial charge in [-0.1, -0.05) is 20.8 Å². The maximum atomic E-state index is 2.54. The fourth-order valence-electron chi connectivity index (χ4n) is 3.68. The third kappa shape index (κ3) is 1.71. The van der Waals surface area contributed by atoms with Gasteiger partial charge in [-0.25, -0.2) is 0 Å². The second-order valence-electron chi connectivity index (χ2n) is 5.99. The highest BCUT2D eigenvalue weighted by molar-refractivity contribution is 4.94. The van der Waals surface area contributed by atoms with Crippen molar-refractivity contribution in [2.24, 2.45) is 29.6 Å². The van der Waals surface area contributed by atoms with Gasteiger partial charge < -0.3 is 4.90 Å². The summed E-state index contributed by atoms with van der Waals surface area (Å²) in [4.78, 5) is 2.54. The van der Waals surface area contributed by atoms with E-state index in [0.717, 1.165) is 29.6 Å². The zero-order valence-electron chi connectivity index (χ0n) is 10.2. The average molecular weight is 195 g/mol. The van der Waals surface area contributed by atoms with Crippen molar-refractivity contribution >= 4 is 0 Å². The van der Waals surface area contributed by atoms with Crippen molar-refractivity contribution < 1.29 is 0 Å². The molecule has 0 aromatic rings. The number of fused-ring (bicyclic) bond motifs is 1. The number of likely N-dealkylation sites (tertiary alicyclic amines) is 1. The Balaban J connectivity index is 2.01. The molecule has 0 aromatic heterocycles. The van der Waals surface area contributed by atoms with Crippen LogP contribution in [-0.2, 0) is 0 Å². The Morgan fingerprint density at radius 2 is 1.79 bits per heavy atom. The van der Waals surface area contributed by atoms with Gasteiger partial charge in [-0.05, 0) is 49.5 Å². The maximum absolute atomic E-state index is 2.54. The average Bonchev–Trinajstić information content (AvgIpc) is 2.61. The number of rotatable bonds is 2. The molecule has 2 fully saturated rings. The van der Waals surface area contributed by atoms with Crippen molar-refractivity contribution in [1.29, 1.82) is 0 Å². The fourth-order valence-corrected chi connectivity index (χ4v) is 3.68. The van der Waals surface area contributed by atoms with Crippen LogP contribution < -0.4 is 0 Å². The minimum Gasteiger partial charge on any atom is -0.306 e. The van der Waals surface area contributed by atoms with Gasteiger partial charge in [0.2, 0.25) is 0 Å². The van der Waals surface area contributed by atoms with Crippen LogP contribution >= 0.6 is 0 Å². The van der Waals surface area contributed by atoms with Gasteiger partial charge in [0, 0.05) is 13.1 Å². The van der Waals surface area contributed by atoms with Crippen molar-refractivity contribution in [3.63, 3.8) is 0 Å². The van der Waals surface area contributed by atoms with Crippen LogP contribution in [0.4, 0.5) is 0 Å². The molecule has 0 aromatic carbocycles. The minimum atomic E-state index is 0.865. The van der Waals surface area contributed by atoms with Gasteiger partial charge >= 0.3 is 0 Å². The SMILES string of the molecule is CC(C)C(C)C1CCC2CN(C)CC21. The molecule has 1 nitrogen and oxygen atoms in total. The summed E-state index contributed by atoms with van der Waals surface area (Å²) in [7, 11) is 2.29. The molecule has 1 aliphatic carbocycles. The van der Waals surface area contributed by atoms with Crippen molar-refractivity contribution in [3.05, 3.63) is 0 Å². The van der Waals surface area contributed by atoms with E-state index in [1.807, 2.05) is 0 Å². The van der Waals surface area contributed by atoms with Crippen LogP contribution in [0.1, 0.15) is 33.6 Å². The Bertz CT molecular complexity index is 199. The lowest BCUT2D eigenvalue weighted by Gasteiger charge is -2.28. The van der Waals surface area contributed by atoms with E-state index in [0.29, 0.717) is 0 Å². The molecule has 14 heavy (non-hydrogen) atoms. The van der Waals surface area contributed by atoms with E-state index < -0.39 is 0 Å². The van der Waals surface area contributed by atoms with Gasteiger partial charge in [0.15, 0.2) is 0 Å². The summed E-state index contributed by atoms with van der Waals surface area (Å²) >= 11 is 0. The van der Waals surface area contributed by atoms with E-state index in [-0.39, 0.29) is 0 Å². The smallest absolute Gasteiger partial charge is 0.00126 e. The van der Waals surface area contributed by atoms with Crippen LogP contribution in [0.15, 0.2) is 0 Å². The Labute approximate surface area is 88.9 Å². The lowest BCUT2D eigenvalue weighted by Crippen LogP contribution is -2.25. The van der Waals surface area contributed by atoms with Crippen molar-refractivity contribution in [3.8, 4) is 0 Å². The predicted molar refractivity (Wildman–Crippen MR) is 61.2 cm³/mol. The molecule has 82 valence electrons. The quantitative estimate of drug-likeness (QED) is 0.655. The first kappa shape index (κ1) is 10.5. The zero-order chi connectivity index (χ0) is 10.3. The maximum Gasteiger partial charge on any atom is 0.00126 e. The van der Waals surface area contributed by atoms with E-state index in [1.165, 1.54) is 25.9 Å². The highest BCUT2D eigenvalue weighted by atomic mass is 15.1. The van der Waals surface area contributed by atoms with E-state index in [2.05, 4.69) is 32.7 Å². The van der Waals surface area contributed by atoms with Crippen LogP contribution in [0.3, 0.4) is 0 Å². The van der Waals surface area contributed by atoms with Crippen LogP contribution in [0, 0.1) is 29.6 Å². The third-order valence-electron chi connectivity index (χ3n) is 4.82. The van der Waals surface area contributed by atoms with Gasteiger partial charge in [0.1, 0.15) is 0 Å². The largest absolute Gasteiger partial charge is 0.306 e. The standard InChI is InChI=1S/C13H25N/c1-9(2)10(3)12-6-5-11-7-14(4)8-13(11)12/h9-13H,5-8H2,1-4H3. The molecule has 2 rings (SSSR count). The summed E-state index contributed by atoms with van der Waals surface area (Å²) in [5.74, 6) is 4.87. The first-order valence-electron chi connectivity index (χ1n) is 6.28. The van der Waals surface area contributed by atoms with Crippen molar-refractivity contribution in [2.75, 3.05) is 20.1 Å². The van der Waals surface area contributed by atoms with Crippen LogP contribution in [0.25, 0.3) is 0 Å². The molecular formula is C13H25N. The highest BCUT2D eigenvalue weighted by Crippen LogP contribution is 2.46. The summed E-state index contributed by atoms with van der Waals surface area (Å²) < 4.78 is 0. The Hall–Kier alpha value is -0.0400. The van der Waals surface area contributed by atoms with Gasteiger partial charge in [0.05, 0.1) is 0 Å². The molecule has 0 N–H and O–H groups in total. The molecule has 1 heterocycles. The number of hydrogen-bond acceptors (Lipinski definition) is 1. The van der Waals surface area contributed by atoms with Crippen LogP contribution in [0.2, 0.25) is 0 Å². The summed E-state index contributed by atoms with van der Waals surface area (Å²) in [6, 6.07) is 0. The molecule has 1 saturated carbocycles. The monoisotopic (exact) mass is 195 g/mol. The molecule has 1 heteroatoms. The van der Waals surface area contributed by atoms with Crippen LogP contribution in [0.5, 0.6) is 0 Å². The Morgan fingerprint density at radius 3 is 2.43 bits per heavy atom. The molecule has 4 atom stereocenters. The number of hydrogen-bond donors (Lipinski definition) is 0. The molecule has 2 aliphatic rings. The highest BCUT2D eigenvalue weighted by Gasteiger charge is 2.43. The second kappa shape index (κ2) is 3.84. The number of nitrogens with zero attached hydrogens (tertiary/aromatic N) is 1. The molecule has 1 saturated heterocycles. The molecule has 0 spiro atoms. The predicted octanol–water partition coefficient (Wildman–Crippen LogP) is 2.87. The third-order valence-corrected chi connectivity index (χ3v) is 4.82. The lowest BCUT2D eigenvalue weighted by atomic mass is 9.78. The first-order chi connectivity index (χ1) is 6.59. The topological polar surface area (TPSA) is 3.24 Å². The van der Waals surface area contributed by atoms with E-state index in [9.17, 15) is 0 Å². The van der Waals surface area contributed by atoms with Gasteiger partial charge in [-0.2, -0.15) is 0 Å². The Morgan fingerprint density at radius 1 is 1.07 bits per heavy atom. The Kier molecular flexibility index (Phi) is 2.88. The first-order valence-corrected chi connectivity index (χ1v) is 6.28. The molecule has 1 aliphatic heterocycles. The van der Waals surface area contributed by atoms with Gasteiger partial charge in [-0.15, -0.1) is 0 Å². The van der Waals surface area contributed by atoms with Crippen molar-refractivity contribution in [1.82, 2.24) is 4.90 Å². The minimum absolute atomic E-state index is 0.865. The molecule has 0 amide bonds. The van der Waals surface area contributed by atoms with Crippen LogP contribution in [-0.4, -0.2) is 25.0 Å². The molecular weight excluding hydrogens is 170 g/mol. The normalized spacial score (nSPS) is 40.5. The van der Waals surface area contributed by atoms with E-state index in [1.54, 1.807) is 0 Å². The van der Waals surface area contributed by atoms with Crippen molar-refractivity contribution in [2.45, 2.75) is 33.6 Å². The second-order valence-corrected chi connectivity index (χ2v) is 5.99. The molecule has 4 unspecified atom stereocenters. The van der Waals surface area contributed by atoms with E-state index in [4.69, 9.17) is 0 Å². The molecule has 0 bridgehead atoms. The summed E-state index contributed by atoms with van der Waals surface area (Å²) in [6.07, 6.45) is 3.00. The lowest BCUT2D eigenvalue weighted by molar-refractivity contribution is 0.209. The van der Waals surface area contributed by atoms with Gasteiger partial charge in [0.25, 0.3) is 0 Å². The molecule has 0 radical (unpaired) electrons. The zero-order valence-corrected chi connectivity index (χ0v) is 10.2. The van der Waals surface area contributed by atoms with Gasteiger partial charge in [-0.3, -0.25) is 0 Å².